The number of piperazine rings is 1. The third-order valence-electron chi connectivity index (χ3n) is 19.6. The lowest BCUT2D eigenvalue weighted by molar-refractivity contribution is -0.186. The van der Waals surface area contributed by atoms with E-state index >= 15 is 4.79 Å². The number of hydrogen-bond acceptors (Lipinski definition) is 17. The van der Waals surface area contributed by atoms with Crippen LogP contribution in [-0.4, -0.2) is 104 Å². The molecule has 88 heavy (non-hydrogen) atoms. The first-order chi connectivity index (χ1) is 42.8. The van der Waals surface area contributed by atoms with Gasteiger partial charge in [-0.2, -0.15) is 0 Å². The second-order valence-electron chi connectivity index (χ2n) is 25.8. The first-order valence-electron chi connectivity index (χ1n) is 34.0. The molecule has 2 fully saturated rings. The Balaban J connectivity index is 0.991. The molecule has 17 heteroatoms. The number of benzene rings is 3. The van der Waals surface area contributed by atoms with Crippen LogP contribution in [0.3, 0.4) is 0 Å². The molecule has 4 bridgehead atoms. The quantitative estimate of drug-likeness (QED) is 0.0333. The molecule has 10 rings (SSSR count). The number of rotatable bonds is 33. The summed E-state index contributed by atoms with van der Waals surface area (Å²) in [5, 5.41) is 16.1. The van der Waals surface area contributed by atoms with Crippen LogP contribution >= 0.6 is 11.8 Å². The number of unbranched alkanes of at least 4 members (excludes halogenated alkanes) is 24. The SMILES string of the molecule is CCCCCCCCCCCCCCCC(=O)Oc1cc2c(cc1OC)[C@@]1(CS[C@@H]3c4c(OC(C)=O)c(C)c5c(c4[C@@H](COC1=O)N1C3[C@@H]3c4c(cc(C)c(OC)c4OC(=O)CCCCCCCCCCCCCCC)C[C@H]([C@@H]1O)N3C)OCO5)NCC2. The lowest BCUT2D eigenvalue weighted by Crippen LogP contribution is -2.70. The number of hydrogen-bond donors (Lipinski definition) is 2. The number of esters is 4. The summed E-state index contributed by atoms with van der Waals surface area (Å²) in [7, 11) is 5.15. The zero-order valence-electron chi connectivity index (χ0n) is 54.4. The number of thioether (sulfide) groups is 1. The fraction of sp³-hybridized carbons (Fsp3) is 0.690. The molecule has 1 spiro atoms. The molecule has 7 aliphatic heterocycles. The minimum atomic E-state index is -1.45. The largest absolute Gasteiger partial charge is 0.493 e. The van der Waals surface area contributed by atoms with Gasteiger partial charge in [0.2, 0.25) is 6.79 Å². The number of aryl methyl sites for hydroxylation is 1. The van der Waals surface area contributed by atoms with E-state index in [4.69, 9.17) is 37.9 Å². The smallest absolute Gasteiger partial charge is 0.331 e. The fourth-order valence-electron chi connectivity index (χ4n) is 15.1. The summed E-state index contributed by atoms with van der Waals surface area (Å²) in [5.41, 5.74) is 4.41. The molecule has 0 aliphatic carbocycles. The number of methoxy groups -OCH3 is 2. The van der Waals surface area contributed by atoms with Gasteiger partial charge in [0.15, 0.2) is 40.0 Å². The lowest BCUT2D eigenvalue weighted by atomic mass is 9.73. The lowest BCUT2D eigenvalue weighted by Gasteiger charge is -2.62. The van der Waals surface area contributed by atoms with Crippen molar-refractivity contribution in [3.8, 4) is 40.2 Å². The minimum Gasteiger partial charge on any atom is -0.493 e. The molecule has 2 N–H and O–H groups in total. The second kappa shape index (κ2) is 32.3. The van der Waals surface area contributed by atoms with Crippen molar-refractivity contribution < 1.29 is 62.2 Å². The molecule has 7 atom stereocenters. The van der Waals surface area contributed by atoms with Crippen LogP contribution in [0.25, 0.3) is 0 Å². The molecular weight excluding hydrogens is 1130 g/mol. The molecule has 2 saturated heterocycles. The Morgan fingerprint density at radius 2 is 1.23 bits per heavy atom. The van der Waals surface area contributed by atoms with E-state index in [1.165, 1.54) is 148 Å². The molecule has 0 amide bonds. The topological polar surface area (TPSA) is 181 Å². The third kappa shape index (κ3) is 15.1. The Bertz CT molecular complexity index is 2880. The van der Waals surface area contributed by atoms with Gasteiger partial charge in [-0.15, -0.1) is 11.8 Å². The molecule has 0 radical (unpaired) electrons. The molecule has 16 nitrogen and oxygen atoms in total. The van der Waals surface area contributed by atoms with Crippen LogP contribution in [0.1, 0.15) is 262 Å². The van der Waals surface area contributed by atoms with Crippen molar-refractivity contribution in [1.29, 1.82) is 0 Å². The fourth-order valence-corrected chi connectivity index (χ4v) is 16.7. The van der Waals surface area contributed by atoms with Gasteiger partial charge in [-0.25, -0.2) is 4.79 Å². The van der Waals surface area contributed by atoms with Gasteiger partial charge in [-0.1, -0.05) is 174 Å². The molecule has 1 unspecified atom stereocenters. The second-order valence-corrected chi connectivity index (χ2v) is 27.0. The Hall–Kier alpha value is -5.07. The van der Waals surface area contributed by atoms with Crippen molar-refractivity contribution in [2.24, 2.45) is 0 Å². The van der Waals surface area contributed by atoms with E-state index in [0.29, 0.717) is 88.3 Å². The van der Waals surface area contributed by atoms with Crippen LogP contribution in [-0.2, 0) is 42.3 Å². The number of fused-ring (bicyclic) bond motifs is 9. The highest BCUT2D eigenvalue weighted by molar-refractivity contribution is 7.99. The van der Waals surface area contributed by atoms with Crippen LogP contribution in [0, 0.1) is 13.8 Å². The zero-order valence-corrected chi connectivity index (χ0v) is 55.2. The normalized spacial score (nSPS) is 22.5. The van der Waals surface area contributed by atoms with Crippen molar-refractivity contribution in [2.75, 3.05) is 47.0 Å². The number of aliphatic hydroxyl groups excluding tert-OH is 1. The number of likely N-dealkylation sites (N-methyl/N-ethyl adjacent to an activating group) is 1. The molecule has 0 saturated carbocycles. The van der Waals surface area contributed by atoms with Crippen LogP contribution in [0.15, 0.2) is 18.2 Å². The van der Waals surface area contributed by atoms with Gasteiger partial charge in [0.25, 0.3) is 0 Å². The number of nitrogens with zero attached hydrogens (tertiary/aromatic N) is 2. The predicted molar refractivity (Wildman–Crippen MR) is 343 cm³/mol. The van der Waals surface area contributed by atoms with Gasteiger partial charge in [-0.3, -0.25) is 29.5 Å². The minimum absolute atomic E-state index is 0.0840. The summed E-state index contributed by atoms with van der Waals surface area (Å²) >= 11 is 1.49. The first-order valence-corrected chi connectivity index (χ1v) is 35.0. The Morgan fingerprint density at radius 3 is 1.80 bits per heavy atom. The van der Waals surface area contributed by atoms with Gasteiger partial charge in [0, 0.05) is 60.4 Å². The van der Waals surface area contributed by atoms with E-state index in [1.54, 1.807) is 13.2 Å². The number of aliphatic hydroxyl groups is 1. The molecular formula is C71H103N3O13S. The van der Waals surface area contributed by atoms with E-state index in [-0.39, 0.29) is 43.9 Å². The van der Waals surface area contributed by atoms with Crippen molar-refractivity contribution in [2.45, 2.75) is 268 Å². The summed E-state index contributed by atoms with van der Waals surface area (Å²) in [6.45, 7) is 9.80. The van der Waals surface area contributed by atoms with Crippen LogP contribution in [0.4, 0.5) is 0 Å². The van der Waals surface area contributed by atoms with Crippen molar-refractivity contribution in [3.63, 3.8) is 0 Å². The van der Waals surface area contributed by atoms with E-state index in [2.05, 4.69) is 35.0 Å². The van der Waals surface area contributed by atoms with Gasteiger partial charge < -0.3 is 43.0 Å². The van der Waals surface area contributed by atoms with Crippen LogP contribution in [0.2, 0.25) is 0 Å². The number of carbonyl (C=O) groups is 4. The van der Waals surface area contributed by atoms with E-state index in [9.17, 15) is 19.5 Å². The van der Waals surface area contributed by atoms with Crippen molar-refractivity contribution in [1.82, 2.24) is 15.1 Å². The zero-order chi connectivity index (χ0) is 62.3. The summed E-state index contributed by atoms with van der Waals surface area (Å²) in [6, 6.07) is 3.25. The van der Waals surface area contributed by atoms with Gasteiger partial charge in [-0.05, 0) is 81.0 Å². The predicted octanol–water partition coefficient (Wildman–Crippen LogP) is 14.8. The van der Waals surface area contributed by atoms with Gasteiger partial charge >= 0.3 is 23.9 Å². The number of ether oxygens (including phenoxy) is 8. The highest BCUT2D eigenvalue weighted by Crippen LogP contribution is 2.65. The first kappa shape index (κ1) is 67.3. The summed E-state index contributed by atoms with van der Waals surface area (Å²) in [4.78, 5) is 60.9. The van der Waals surface area contributed by atoms with Crippen molar-refractivity contribution in [3.05, 3.63) is 62.7 Å². The maximum atomic E-state index is 15.4. The monoisotopic (exact) mass is 1240 g/mol. The molecule has 3 aromatic rings. The average molecular weight is 1240 g/mol. The summed E-state index contributed by atoms with van der Waals surface area (Å²) < 4.78 is 50.4. The standard InChI is InChI=1S/C71H103N3O13S/c1-9-11-13-15-17-19-21-23-25-27-29-31-33-35-56(76)86-55-41-49-37-38-72-71(51(49)42-54(55)80-7)44-88-68-60-59(66-65(83-45-84-66)47(4)64(60)85-48(5)75)53(43-82-70(71)79)74-62(68)61-58-50(40-52(69(74)78)73(61)6)39-46(3)63(81-8)67(58)87-57(77)36-34-32-30-28-26-24-22-20-18-16-14-12-10-2/h39,41-42,52-53,61-62,68-69,72,78H,9-38,40,43-45H2,1-8H3/t52-,53-,61+,62?,68-,69+,71-/m1/s1. The van der Waals surface area contributed by atoms with E-state index < -0.39 is 53.1 Å². The number of carbonyl (C=O) groups excluding carboxylic acids is 4. The maximum absolute atomic E-state index is 15.4. The molecule has 3 aromatic carbocycles. The van der Waals surface area contributed by atoms with E-state index in [1.807, 2.05) is 27.0 Å². The summed E-state index contributed by atoms with van der Waals surface area (Å²) in [5.74, 6) is 1.03. The van der Waals surface area contributed by atoms with Crippen molar-refractivity contribution >= 4 is 35.6 Å². The highest BCUT2D eigenvalue weighted by Gasteiger charge is 2.62. The van der Waals surface area contributed by atoms with Gasteiger partial charge in [0.05, 0.1) is 37.6 Å². The molecule has 7 aliphatic rings. The average Bonchev–Trinajstić information content (AvgIpc) is 0.858. The maximum Gasteiger partial charge on any atom is 0.331 e. The Labute approximate surface area is 528 Å². The number of nitrogens with one attached hydrogen (secondary N) is 1. The van der Waals surface area contributed by atoms with Gasteiger partial charge in [0.1, 0.15) is 18.6 Å². The Morgan fingerprint density at radius 1 is 0.659 bits per heavy atom. The third-order valence-corrected chi connectivity index (χ3v) is 21.1. The van der Waals surface area contributed by atoms with Crippen LogP contribution < -0.4 is 38.5 Å². The molecule has 0 aromatic heterocycles. The highest BCUT2D eigenvalue weighted by atomic mass is 32.2. The van der Waals surface area contributed by atoms with Crippen LogP contribution in [0.5, 0.6) is 40.2 Å². The molecule has 7 heterocycles. The summed E-state index contributed by atoms with van der Waals surface area (Å²) in [6.07, 6.45) is 31.7. The Kier molecular flexibility index (Phi) is 24.7. The molecule has 486 valence electrons. The van der Waals surface area contributed by atoms with E-state index in [0.717, 1.165) is 60.8 Å².